The number of aromatic nitrogens is 1. The van der Waals surface area contributed by atoms with Gasteiger partial charge in [-0.25, -0.2) is 0 Å². The van der Waals surface area contributed by atoms with Crippen LogP contribution in [0.3, 0.4) is 0 Å². The number of carboxylic acid groups (broad SMARTS) is 1. The Morgan fingerprint density at radius 3 is 2.61 bits per heavy atom. The molecule has 1 aliphatic rings. The van der Waals surface area contributed by atoms with Crippen LogP contribution >= 0.6 is 0 Å². The van der Waals surface area contributed by atoms with Crippen molar-refractivity contribution in [1.29, 1.82) is 0 Å². The van der Waals surface area contributed by atoms with Gasteiger partial charge in [0.2, 0.25) is 0 Å². The standard InChI is InChI=1S/C13H19N3O2/c1-10-9-14-4-3-12(10)16-7-5-15(6-8-16)11(2)13(17)18/h3-4,9,11H,5-8H2,1-2H3,(H,17,18). The van der Waals surface area contributed by atoms with Gasteiger partial charge in [0, 0.05) is 44.3 Å². The molecule has 1 aliphatic heterocycles. The number of hydrogen-bond acceptors (Lipinski definition) is 4. The first-order valence-corrected chi connectivity index (χ1v) is 6.22. The molecular weight excluding hydrogens is 230 g/mol. The summed E-state index contributed by atoms with van der Waals surface area (Å²) in [6, 6.07) is 1.62. The average molecular weight is 249 g/mol. The van der Waals surface area contributed by atoms with E-state index in [2.05, 4.69) is 16.8 Å². The van der Waals surface area contributed by atoms with Crippen molar-refractivity contribution in [2.75, 3.05) is 31.1 Å². The number of hydrogen-bond donors (Lipinski definition) is 1. The average Bonchev–Trinajstić information content (AvgIpc) is 2.38. The predicted octanol–water partition coefficient (Wildman–Crippen LogP) is 0.985. The van der Waals surface area contributed by atoms with Gasteiger partial charge in [0.1, 0.15) is 6.04 Å². The maximum Gasteiger partial charge on any atom is 0.320 e. The van der Waals surface area contributed by atoms with Crippen LogP contribution in [0.15, 0.2) is 18.5 Å². The number of aliphatic carboxylic acids is 1. The Morgan fingerprint density at radius 2 is 2.06 bits per heavy atom. The van der Waals surface area contributed by atoms with E-state index in [4.69, 9.17) is 5.11 Å². The first-order chi connectivity index (χ1) is 8.59. The minimum absolute atomic E-state index is 0.398. The molecule has 1 fully saturated rings. The van der Waals surface area contributed by atoms with E-state index in [1.807, 2.05) is 17.2 Å². The lowest BCUT2D eigenvalue weighted by Gasteiger charge is -2.38. The number of nitrogens with zero attached hydrogens (tertiary/aromatic N) is 3. The minimum Gasteiger partial charge on any atom is -0.480 e. The van der Waals surface area contributed by atoms with Crippen LogP contribution < -0.4 is 4.90 Å². The molecule has 1 atom stereocenters. The van der Waals surface area contributed by atoms with E-state index in [1.54, 1.807) is 13.1 Å². The number of piperazine rings is 1. The van der Waals surface area contributed by atoms with Crippen molar-refractivity contribution in [3.63, 3.8) is 0 Å². The molecule has 0 aliphatic carbocycles. The Labute approximate surface area is 107 Å². The smallest absolute Gasteiger partial charge is 0.320 e. The van der Waals surface area contributed by atoms with Crippen LogP contribution in [0.5, 0.6) is 0 Å². The van der Waals surface area contributed by atoms with Crippen LogP contribution in [-0.4, -0.2) is 53.2 Å². The Balaban J connectivity index is 1.99. The molecule has 5 nitrogen and oxygen atoms in total. The SMILES string of the molecule is Cc1cnccc1N1CCN(C(C)C(=O)O)CC1. The van der Waals surface area contributed by atoms with Gasteiger partial charge in [-0.1, -0.05) is 0 Å². The Morgan fingerprint density at radius 1 is 1.39 bits per heavy atom. The molecule has 0 bridgehead atoms. The maximum absolute atomic E-state index is 10.9. The summed E-state index contributed by atoms with van der Waals surface area (Å²) < 4.78 is 0. The van der Waals surface area contributed by atoms with Gasteiger partial charge < -0.3 is 10.0 Å². The largest absolute Gasteiger partial charge is 0.480 e. The zero-order valence-electron chi connectivity index (χ0n) is 10.8. The molecule has 0 spiro atoms. The molecule has 2 rings (SSSR count). The Bertz CT molecular complexity index is 428. The van der Waals surface area contributed by atoms with Crippen molar-refractivity contribution in [2.24, 2.45) is 0 Å². The fraction of sp³-hybridized carbons (Fsp3) is 0.538. The first-order valence-electron chi connectivity index (χ1n) is 6.22. The molecule has 0 amide bonds. The predicted molar refractivity (Wildman–Crippen MR) is 69.9 cm³/mol. The topological polar surface area (TPSA) is 56.7 Å². The second-order valence-corrected chi connectivity index (χ2v) is 4.70. The lowest BCUT2D eigenvalue weighted by atomic mass is 10.2. The van der Waals surface area contributed by atoms with E-state index in [-0.39, 0.29) is 0 Å². The van der Waals surface area contributed by atoms with E-state index in [0.717, 1.165) is 31.7 Å². The zero-order valence-corrected chi connectivity index (χ0v) is 10.8. The van der Waals surface area contributed by atoms with Crippen molar-refractivity contribution >= 4 is 11.7 Å². The van der Waals surface area contributed by atoms with Gasteiger partial charge in [0.15, 0.2) is 0 Å². The second kappa shape index (κ2) is 5.35. The Hall–Kier alpha value is -1.62. The molecule has 1 aromatic rings. The van der Waals surface area contributed by atoms with Crippen molar-refractivity contribution in [3.8, 4) is 0 Å². The molecule has 1 saturated heterocycles. The van der Waals surface area contributed by atoms with Gasteiger partial charge >= 0.3 is 5.97 Å². The van der Waals surface area contributed by atoms with Crippen LogP contribution in [0, 0.1) is 6.92 Å². The number of anilines is 1. The monoisotopic (exact) mass is 249 g/mol. The van der Waals surface area contributed by atoms with E-state index < -0.39 is 12.0 Å². The summed E-state index contributed by atoms with van der Waals surface area (Å²) in [5.41, 5.74) is 2.37. The third-order valence-corrected chi connectivity index (χ3v) is 3.55. The van der Waals surface area contributed by atoms with Crippen LogP contribution in [-0.2, 0) is 4.79 Å². The van der Waals surface area contributed by atoms with Crippen LogP contribution in [0.2, 0.25) is 0 Å². The third kappa shape index (κ3) is 2.61. The van der Waals surface area contributed by atoms with Crippen molar-refractivity contribution in [1.82, 2.24) is 9.88 Å². The highest BCUT2D eigenvalue weighted by atomic mass is 16.4. The minimum atomic E-state index is -0.747. The van der Waals surface area contributed by atoms with Crippen molar-refractivity contribution in [2.45, 2.75) is 19.9 Å². The molecule has 2 heterocycles. The normalized spacial score (nSPS) is 18.7. The molecule has 1 N–H and O–H groups in total. The number of carbonyl (C=O) groups is 1. The zero-order chi connectivity index (χ0) is 13.1. The molecule has 0 saturated carbocycles. The highest BCUT2D eigenvalue weighted by Crippen LogP contribution is 2.20. The number of rotatable bonds is 3. The van der Waals surface area contributed by atoms with E-state index in [1.165, 1.54) is 5.69 Å². The van der Waals surface area contributed by atoms with Gasteiger partial charge in [-0.3, -0.25) is 14.7 Å². The van der Waals surface area contributed by atoms with Gasteiger partial charge in [-0.15, -0.1) is 0 Å². The molecular formula is C13H19N3O2. The first kappa shape index (κ1) is 12.8. The van der Waals surface area contributed by atoms with Crippen molar-refractivity contribution < 1.29 is 9.90 Å². The van der Waals surface area contributed by atoms with E-state index in [0.29, 0.717) is 0 Å². The summed E-state index contributed by atoms with van der Waals surface area (Å²) in [6.45, 7) is 7.10. The molecule has 5 heteroatoms. The fourth-order valence-corrected chi connectivity index (χ4v) is 2.33. The molecule has 1 unspecified atom stereocenters. The lowest BCUT2D eigenvalue weighted by molar-refractivity contribution is -0.142. The van der Waals surface area contributed by atoms with Gasteiger partial charge in [0.25, 0.3) is 0 Å². The fourth-order valence-electron chi connectivity index (χ4n) is 2.33. The number of carboxylic acids is 1. The molecule has 1 aromatic heterocycles. The number of aryl methyl sites for hydroxylation is 1. The molecule has 98 valence electrons. The summed E-state index contributed by atoms with van der Waals surface area (Å²) in [5, 5.41) is 9.00. The second-order valence-electron chi connectivity index (χ2n) is 4.70. The summed E-state index contributed by atoms with van der Waals surface area (Å²) in [5.74, 6) is -0.747. The molecule has 0 aromatic carbocycles. The van der Waals surface area contributed by atoms with Crippen molar-refractivity contribution in [3.05, 3.63) is 24.0 Å². The quantitative estimate of drug-likeness (QED) is 0.865. The number of pyridine rings is 1. The Kier molecular flexibility index (Phi) is 3.81. The van der Waals surface area contributed by atoms with Crippen LogP contribution in [0.25, 0.3) is 0 Å². The molecule has 18 heavy (non-hydrogen) atoms. The van der Waals surface area contributed by atoms with Gasteiger partial charge in [0.05, 0.1) is 0 Å². The summed E-state index contributed by atoms with van der Waals surface area (Å²) >= 11 is 0. The summed E-state index contributed by atoms with van der Waals surface area (Å²) in [6.07, 6.45) is 3.66. The highest BCUT2D eigenvalue weighted by Gasteiger charge is 2.25. The maximum atomic E-state index is 10.9. The van der Waals surface area contributed by atoms with Gasteiger partial charge in [-0.2, -0.15) is 0 Å². The highest BCUT2D eigenvalue weighted by molar-refractivity contribution is 5.73. The lowest BCUT2D eigenvalue weighted by Crippen LogP contribution is -2.51. The van der Waals surface area contributed by atoms with Crippen LogP contribution in [0.1, 0.15) is 12.5 Å². The van der Waals surface area contributed by atoms with E-state index >= 15 is 0 Å². The summed E-state index contributed by atoms with van der Waals surface area (Å²) in [4.78, 5) is 19.3. The van der Waals surface area contributed by atoms with Gasteiger partial charge in [-0.05, 0) is 25.5 Å². The third-order valence-electron chi connectivity index (χ3n) is 3.55. The van der Waals surface area contributed by atoms with E-state index in [9.17, 15) is 4.79 Å². The van der Waals surface area contributed by atoms with Crippen LogP contribution in [0.4, 0.5) is 5.69 Å². The molecule has 0 radical (unpaired) electrons. The summed E-state index contributed by atoms with van der Waals surface area (Å²) in [7, 11) is 0.